The number of thiazole rings is 1. The molecule has 0 amide bonds. The van der Waals surface area contributed by atoms with E-state index in [4.69, 9.17) is 22.2 Å². The number of hydrogen-bond donors (Lipinski definition) is 2. The van der Waals surface area contributed by atoms with Crippen molar-refractivity contribution in [2.24, 2.45) is 5.84 Å². The van der Waals surface area contributed by atoms with Crippen LogP contribution in [0.4, 0.5) is 5.13 Å². The number of hydrazine groups is 1. The first-order valence-corrected chi connectivity index (χ1v) is 6.75. The first-order chi connectivity index (χ1) is 8.72. The highest BCUT2D eigenvalue weighted by molar-refractivity contribution is 7.15. The van der Waals surface area contributed by atoms with Crippen LogP contribution in [0.15, 0.2) is 24.4 Å². The largest absolute Gasteiger partial charge is 0.488 e. The summed E-state index contributed by atoms with van der Waals surface area (Å²) in [6.07, 6.45) is 2.63. The molecule has 6 heteroatoms. The van der Waals surface area contributed by atoms with E-state index in [0.29, 0.717) is 11.7 Å². The van der Waals surface area contributed by atoms with Gasteiger partial charge in [0.1, 0.15) is 12.4 Å². The number of benzene rings is 1. The Kier molecular flexibility index (Phi) is 4.41. The molecule has 0 radical (unpaired) electrons. The molecule has 96 valence electrons. The Morgan fingerprint density at radius 2 is 2.33 bits per heavy atom. The number of rotatable bonds is 5. The molecule has 18 heavy (non-hydrogen) atoms. The molecule has 0 aliphatic rings. The predicted octanol–water partition coefficient (Wildman–Crippen LogP) is 3.22. The fraction of sp³-hybridized carbons (Fsp3) is 0.250. The zero-order valence-electron chi connectivity index (χ0n) is 9.94. The highest BCUT2D eigenvalue weighted by atomic mass is 35.5. The number of anilines is 1. The van der Waals surface area contributed by atoms with Crippen molar-refractivity contribution in [2.45, 2.75) is 20.0 Å². The van der Waals surface area contributed by atoms with Gasteiger partial charge in [0.2, 0.25) is 0 Å². The monoisotopic (exact) mass is 283 g/mol. The third-order valence-corrected chi connectivity index (χ3v) is 3.73. The minimum Gasteiger partial charge on any atom is -0.488 e. The standard InChI is InChI=1S/C12H14ClN3OS/c1-2-8-5-9(3-4-11(8)13)17-7-10-6-15-12(16-14)18-10/h3-6H,2,7,14H2,1H3,(H,15,16). The van der Waals surface area contributed by atoms with Crippen LogP contribution in [0.3, 0.4) is 0 Å². The van der Waals surface area contributed by atoms with Crippen LogP contribution in [0.2, 0.25) is 5.02 Å². The lowest BCUT2D eigenvalue weighted by atomic mass is 10.1. The van der Waals surface area contributed by atoms with Crippen LogP contribution in [0.1, 0.15) is 17.4 Å². The number of halogens is 1. The Balaban J connectivity index is 2.01. The molecular weight excluding hydrogens is 270 g/mol. The van der Waals surface area contributed by atoms with Crippen LogP contribution >= 0.6 is 22.9 Å². The van der Waals surface area contributed by atoms with Crippen molar-refractivity contribution in [1.82, 2.24) is 4.98 Å². The summed E-state index contributed by atoms with van der Waals surface area (Å²) >= 11 is 7.52. The van der Waals surface area contributed by atoms with Crippen molar-refractivity contribution >= 4 is 28.1 Å². The molecule has 0 aliphatic heterocycles. The highest BCUT2D eigenvalue weighted by Crippen LogP contribution is 2.24. The van der Waals surface area contributed by atoms with E-state index in [1.165, 1.54) is 11.3 Å². The minimum atomic E-state index is 0.476. The molecule has 3 N–H and O–H groups in total. The zero-order chi connectivity index (χ0) is 13.0. The molecule has 0 fully saturated rings. The van der Waals surface area contributed by atoms with Gasteiger partial charge in [-0.3, -0.25) is 5.43 Å². The molecule has 0 saturated heterocycles. The van der Waals surface area contributed by atoms with Gasteiger partial charge in [-0.15, -0.1) is 0 Å². The van der Waals surface area contributed by atoms with Crippen LogP contribution in [-0.4, -0.2) is 4.98 Å². The van der Waals surface area contributed by atoms with E-state index < -0.39 is 0 Å². The second-order valence-electron chi connectivity index (χ2n) is 3.67. The maximum atomic E-state index is 6.05. The quantitative estimate of drug-likeness (QED) is 0.653. The SMILES string of the molecule is CCc1cc(OCc2cnc(NN)s2)ccc1Cl. The number of ether oxygens (including phenoxy) is 1. The number of nitrogen functional groups attached to an aromatic ring is 1. The number of nitrogens with zero attached hydrogens (tertiary/aromatic N) is 1. The maximum absolute atomic E-state index is 6.05. The maximum Gasteiger partial charge on any atom is 0.197 e. The molecule has 0 aliphatic carbocycles. The van der Waals surface area contributed by atoms with Gasteiger partial charge in [0.25, 0.3) is 0 Å². The number of nitrogens with one attached hydrogen (secondary N) is 1. The summed E-state index contributed by atoms with van der Waals surface area (Å²) in [6, 6.07) is 5.69. The number of aryl methyl sites for hydroxylation is 1. The van der Waals surface area contributed by atoms with E-state index in [9.17, 15) is 0 Å². The van der Waals surface area contributed by atoms with Gasteiger partial charge < -0.3 is 4.74 Å². The van der Waals surface area contributed by atoms with Crippen LogP contribution < -0.4 is 16.0 Å². The summed E-state index contributed by atoms with van der Waals surface area (Å²) in [5.41, 5.74) is 3.59. The lowest BCUT2D eigenvalue weighted by Gasteiger charge is -2.07. The topological polar surface area (TPSA) is 60.2 Å². The van der Waals surface area contributed by atoms with Crippen molar-refractivity contribution in [3.05, 3.63) is 39.9 Å². The molecule has 0 unspecified atom stereocenters. The number of nitrogens with two attached hydrogens (primary N) is 1. The van der Waals surface area contributed by atoms with Crippen molar-refractivity contribution in [3.63, 3.8) is 0 Å². The van der Waals surface area contributed by atoms with Crippen LogP contribution in [0.25, 0.3) is 0 Å². The smallest absolute Gasteiger partial charge is 0.197 e. The summed E-state index contributed by atoms with van der Waals surface area (Å²) in [5, 5.41) is 1.45. The molecule has 1 heterocycles. The van der Waals surface area contributed by atoms with Crippen LogP contribution in [-0.2, 0) is 13.0 Å². The lowest BCUT2D eigenvalue weighted by molar-refractivity contribution is 0.309. The number of hydrogen-bond acceptors (Lipinski definition) is 5. The normalized spacial score (nSPS) is 10.4. The van der Waals surface area contributed by atoms with E-state index in [-0.39, 0.29) is 0 Å². The molecule has 0 saturated carbocycles. The molecule has 1 aromatic heterocycles. The summed E-state index contributed by atoms with van der Waals surface area (Å²) < 4.78 is 5.69. The van der Waals surface area contributed by atoms with Gasteiger partial charge in [-0.1, -0.05) is 29.9 Å². The molecular formula is C12H14ClN3OS. The van der Waals surface area contributed by atoms with E-state index in [1.807, 2.05) is 18.2 Å². The summed E-state index contributed by atoms with van der Waals surface area (Å²) in [7, 11) is 0. The molecule has 2 rings (SSSR count). The Labute approximate surface area is 115 Å². The van der Waals surface area contributed by atoms with E-state index in [1.54, 1.807) is 6.20 Å². The highest BCUT2D eigenvalue weighted by Gasteiger charge is 2.04. The summed E-state index contributed by atoms with van der Waals surface area (Å²) in [6.45, 7) is 2.54. The average Bonchev–Trinajstić information content (AvgIpc) is 2.86. The first-order valence-electron chi connectivity index (χ1n) is 5.55. The Bertz CT molecular complexity index is 530. The third kappa shape index (κ3) is 3.13. The summed E-state index contributed by atoms with van der Waals surface area (Å²) in [5.74, 6) is 6.08. The fourth-order valence-electron chi connectivity index (χ4n) is 1.51. The molecule has 0 bridgehead atoms. The molecule has 0 atom stereocenters. The molecule has 0 spiro atoms. The Morgan fingerprint density at radius 3 is 3.00 bits per heavy atom. The Morgan fingerprint density at radius 1 is 1.50 bits per heavy atom. The second-order valence-corrected chi connectivity index (χ2v) is 5.19. The zero-order valence-corrected chi connectivity index (χ0v) is 11.5. The van der Waals surface area contributed by atoms with Gasteiger partial charge >= 0.3 is 0 Å². The second kappa shape index (κ2) is 6.04. The lowest BCUT2D eigenvalue weighted by Crippen LogP contribution is -2.05. The van der Waals surface area contributed by atoms with Gasteiger partial charge in [0, 0.05) is 11.2 Å². The molecule has 1 aromatic carbocycles. The average molecular weight is 284 g/mol. The van der Waals surface area contributed by atoms with Gasteiger partial charge in [-0.25, -0.2) is 10.8 Å². The Hall–Kier alpha value is -1.30. The van der Waals surface area contributed by atoms with Gasteiger partial charge in [0.05, 0.1) is 4.88 Å². The molecule has 2 aromatic rings. The van der Waals surface area contributed by atoms with E-state index in [0.717, 1.165) is 27.6 Å². The van der Waals surface area contributed by atoms with Crippen molar-refractivity contribution in [3.8, 4) is 5.75 Å². The van der Waals surface area contributed by atoms with E-state index >= 15 is 0 Å². The predicted molar refractivity (Wildman–Crippen MR) is 75.1 cm³/mol. The van der Waals surface area contributed by atoms with E-state index in [2.05, 4.69) is 17.3 Å². The summed E-state index contributed by atoms with van der Waals surface area (Å²) in [4.78, 5) is 5.09. The molecule has 4 nitrogen and oxygen atoms in total. The van der Waals surface area contributed by atoms with Gasteiger partial charge in [-0.2, -0.15) is 0 Å². The van der Waals surface area contributed by atoms with Crippen molar-refractivity contribution in [1.29, 1.82) is 0 Å². The van der Waals surface area contributed by atoms with Gasteiger partial charge in [0.15, 0.2) is 5.13 Å². The van der Waals surface area contributed by atoms with Gasteiger partial charge in [-0.05, 0) is 30.2 Å². The first kappa shape index (κ1) is 13.1. The van der Waals surface area contributed by atoms with Crippen molar-refractivity contribution < 1.29 is 4.74 Å². The fourth-order valence-corrected chi connectivity index (χ4v) is 2.39. The minimum absolute atomic E-state index is 0.476. The third-order valence-electron chi connectivity index (χ3n) is 2.46. The van der Waals surface area contributed by atoms with Crippen LogP contribution in [0, 0.1) is 0 Å². The van der Waals surface area contributed by atoms with Crippen LogP contribution in [0.5, 0.6) is 5.75 Å². The van der Waals surface area contributed by atoms with Crippen molar-refractivity contribution in [2.75, 3.05) is 5.43 Å². The number of aromatic nitrogens is 1.